The molecule has 0 bridgehead atoms. The van der Waals surface area contributed by atoms with Crippen LogP contribution in [0.1, 0.15) is 31.7 Å². The van der Waals surface area contributed by atoms with E-state index < -0.39 is 0 Å². The molecule has 0 saturated heterocycles. The SMILES string of the molecule is CCCCCN(CCO)C(=O)Nc1cccc(C#N)c1. The first-order valence-corrected chi connectivity index (χ1v) is 6.88. The Morgan fingerprint density at radius 1 is 1.40 bits per heavy atom. The van der Waals surface area contributed by atoms with Gasteiger partial charge >= 0.3 is 6.03 Å². The maximum Gasteiger partial charge on any atom is 0.321 e. The molecule has 2 amide bonds. The summed E-state index contributed by atoms with van der Waals surface area (Å²) in [5, 5.41) is 20.6. The molecule has 0 fully saturated rings. The number of urea groups is 1. The molecule has 0 aliphatic carbocycles. The molecule has 0 spiro atoms. The van der Waals surface area contributed by atoms with Gasteiger partial charge in [-0.2, -0.15) is 5.26 Å². The molecule has 20 heavy (non-hydrogen) atoms. The Morgan fingerprint density at radius 3 is 2.85 bits per heavy atom. The number of aliphatic hydroxyl groups excluding tert-OH is 1. The van der Waals surface area contributed by atoms with Crippen LogP contribution in [-0.4, -0.2) is 35.7 Å². The van der Waals surface area contributed by atoms with Crippen LogP contribution in [0.5, 0.6) is 0 Å². The smallest absolute Gasteiger partial charge is 0.321 e. The Kier molecular flexibility index (Phi) is 7.15. The number of anilines is 1. The highest BCUT2D eigenvalue weighted by Gasteiger charge is 2.12. The maximum atomic E-state index is 12.1. The lowest BCUT2D eigenvalue weighted by Crippen LogP contribution is -2.37. The van der Waals surface area contributed by atoms with E-state index in [1.165, 1.54) is 0 Å². The molecule has 2 N–H and O–H groups in total. The van der Waals surface area contributed by atoms with Crippen molar-refractivity contribution in [3.05, 3.63) is 29.8 Å². The summed E-state index contributed by atoms with van der Waals surface area (Å²) in [6, 6.07) is 8.56. The summed E-state index contributed by atoms with van der Waals surface area (Å²) in [6.45, 7) is 2.98. The quantitative estimate of drug-likeness (QED) is 0.751. The fourth-order valence-electron chi connectivity index (χ4n) is 1.86. The van der Waals surface area contributed by atoms with E-state index in [0.29, 0.717) is 24.3 Å². The first kappa shape index (κ1) is 16.0. The summed E-state index contributed by atoms with van der Waals surface area (Å²) in [6.07, 6.45) is 3.06. The van der Waals surface area contributed by atoms with Gasteiger partial charge in [0, 0.05) is 18.8 Å². The lowest BCUT2D eigenvalue weighted by atomic mass is 10.2. The van der Waals surface area contributed by atoms with Gasteiger partial charge in [0.1, 0.15) is 0 Å². The molecular weight excluding hydrogens is 254 g/mol. The molecule has 0 aliphatic rings. The predicted octanol–water partition coefficient (Wildman–Crippen LogP) is 2.57. The molecule has 0 aliphatic heterocycles. The van der Waals surface area contributed by atoms with Gasteiger partial charge in [-0.05, 0) is 24.6 Å². The van der Waals surface area contributed by atoms with Crippen molar-refractivity contribution in [2.75, 3.05) is 25.0 Å². The van der Waals surface area contributed by atoms with Crippen LogP contribution in [0.4, 0.5) is 10.5 Å². The minimum atomic E-state index is -0.245. The first-order valence-electron chi connectivity index (χ1n) is 6.88. The normalized spacial score (nSPS) is 9.85. The summed E-state index contributed by atoms with van der Waals surface area (Å²) >= 11 is 0. The third kappa shape index (κ3) is 5.29. The van der Waals surface area contributed by atoms with Crippen LogP contribution < -0.4 is 5.32 Å². The van der Waals surface area contributed by atoms with E-state index in [0.717, 1.165) is 19.3 Å². The summed E-state index contributed by atoms with van der Waals surface area (Å²) in [5.41, 5.74) is 1.09. The minimum absolute atomic E-state index is 0.0578. The molecule has 1 aromatic rings. The largest absolute Gasteiger partial charge is 0.395 e. The fraction of sp³-hybridized carbons (Fsp3) is 0.467. The van der Waals surface area contributed by atoms with Gasteiger partial charge in [-0.3, -0.25) is 0 Å². The number of aliphatic hydroxyl groups is 1. The molecule has 5 heteroatoms. The fourth-order valence-corrected chi connectivity index (χ4v) is 1.86. The number of nitriles is 1. The Bertz CT molecular complexity index is 468. The van der Waals surface area contributed by atoms with E-state index in [1.807, 2.05) is 6.07 Å². The summed E-state index contributed by atoms with van der Waals surface area (Å²) in [7, 11) is 0. The molecule has 5 nitrogen and oxygen atoms in total. The Hall–Kier alpha value is -2.06. The number of benzene rings is 1. The molecule has 0 aromatic heterocycles. The third-order valence-corrected chi connectivity index (χ3v) is 2.93. The summed E-state index contributed by atoms with van der Waals surface area (Å²) < 4.78 is 0. The number of nitrogens with zero attached hydrogens (tertiary/aromatic N) is 2. The average Bonchev–Trinajstić information content (AvgIpc) is 2.46. The van der Waals surface area contributed by atoms with Crippen molar-refractivity contribution in [2.45, 2.75) is 26.2 Å². The van der Waals surface area contributed by atoms with Crippen molar-refractivity contribution in [3.8, 4) is 6.07 Å². The zero-order chi connectivity index (χ0) is 14.8. The zero-order valence-corrected chi connectivity index (χ0v) is 11.8. The first-order chi connectivity index (χ1) is 9.71. The maximum absolute atomic E-state index is 12.1. The van der Waals surface area contributed by atoms with Gasteiger partial charge in [-0.25, -0.2) is 4.79 Å². The topological polar surface area (TPSA) is 76.4 Å². The molecule has 0 radical (unpaired) electrons. The molecule has 1 rings (SSSR count). The number of carbonyl (C=O) groups excluding carboxylic acids is 1. The zero-order valence-electron chi connectivity index (χ0n) is 11.8. The molecule has 108 valence electrons. The van der Waals surface area contributed by atoms with E-state index in [2.05, 4.69) is 12.2 Å². The van der Waals surface area contributed by atoms with E-state index >= 15 is 0 Å². The number of unbranched alkanes of at least 4 members (excludes halogenated alkanes) is 2. The second-order valence-electron chi connectivity index (χ2n) is 4.54. The van der Waals surface area contributed by atoms with Crippen molar-refractivity contribution in [2.24, 2.45) is 0 Å². The Balaban J connectivity index is 2.62. The number of nitrogens with one attached hydrogen (secondary N) is 1. The van der Waals surface area contributed by atoms with E-state index in [-0.39, 0.29) is 12.6 Å². The van der Waals surface area contributed by atoms with Gasteiger partial charge in [0.2, 0.25) is 0 Å². The Labute approximate surface area is 119 Å². The Morgan fingerprint density at radius 2 is 2.20 bits per heavy atom. The van der Waals surface area contributed by atoms with Crippen LogP contribution in [-0.2, 0) is 0 Å². The molecule has 0 saturated carbocycles. The van der Waals surface area contributed by atoms with Gasteiger partial charge in [0.05, 0.1) is 18.2 Å². The highest BCUT2D eigenvalue weighted by atomic mass is 16.3. The van der Waals surface area contributed by atoms with Gasteiger partial charge in [-0.1, -0.05) is 25.8 Å². The van der Waals surface area contributed by atoms with E-state index in [4.69, 9.17) is 10.4 Å². The monoisotopic (exact) mass is 275 g/mol. The minimum Gasteiger partial charge on any atom is -0.395 e. The number of hydrogen-bond acceptors (Lipinski definition) is 3. The second-order valence-corrected chi connectivity index (χ2v) is 4.54. The van der Waals surface area contributed by atoms with Crippen LogP contribution in [0.3, 0.4) is 0 Å². The number of hydrogen-bond donors (Lipinski definition) is 2. The number of rotatable bonds is 7. The molecule has 1 aromatic carbocycles. The van der Waals surface area contributed by atoms with Gasteiger partial charge < -0.3 is 15.3 Å². The second kappa shape index (κ2) is 8.94. The highest BCUT2D eigenvalue weighted by molar-refractivity contribution is 5.89. The van der Waals surface area contributed by atoms with Gasteiger partial charge in [-0.15, -0.1) is 0 Å². The summed E-state index contributed by atoms with van der Waals surface area (Å²) in [4.78, 5) is 13.7. The van der Waals surface area contributed by atoms with Crippen LogP contribution >= 0.6 is 0 Å². The number of amides is 2. The van der Waals surface area contributed by atoms with Crippen LogP contribution in [0.15, 0.2) is 24.3 Å². The molecule has 0 heterocycles. The summed E-state index contributed by atoms with van der Waals surface area (Å²) in [5.74, 6) is 0. The number of carbonyl (C=O) groups is 1. The average molecular weight is 275 g/mol. The van der Waals surface area contributed by atoms with Crippen molar-refractivity contribution in [3.63, 3.8) is 0 Å². The molecule has 0 atom stereocenters. The highest BCUT2D eigenvalue weighted by Crippen LogP contribution is 2.11. The molecular formula is C15H21N3O2. The lowest BCUT2D eigenvalue weighted by Gasteiger charge is -2.22. The van der Waals surface area contributed by atoms with Gasteiger partial charge in [0.25, 0.3) is 0 Å². The standard InChI is InChI=1S/C15H21N3O2/c1-2-3-4-8-18(9-10-19)15(20)17-14-7-5-6-13(11-14)12-16/h5-7,11,19H,2-4,8-10H2,1H3,(H,17,20). The molecule has 0 unspecified atom stereocenters. The van der Waals surface area contributed by atoms with Crippen molar-refractivity contribution in [1.29, 1.82) is 5.26 Å². The van der Waals surface area contributed by atoms with E-state index in [1.54, 1.807) is 29.2 Å². The van der Waals surface area contributed by atoms with Crippen LogP contribution in [0.2, 0.25) is 0 Å². The van der Waals surface area contributed by atoms with Crippen molar-refractivity contribution < 1.29 is 9.90 Å². The lowest BCUT2D eigenvalue weighted by molar-refractivity contribution is 0.187. The van der Waals surface area contributed by atoms with Crippen molar-refractivity contribution >= 4 is 11.7 Å². The predicted molar refractivity (Wildman–Crippen MR) is 78.4 cm³/mol. The van der Waals surface area contributed by atoms with E-state index in [9.17, 15) is 4.79 Å². The third-order valence-electron chi connectivity index (χ3n) is 2.93. The van der Waals surface area contributed by atoms with Crippen LogP contribution in [0, 0.1) is 11.3 Å². The van der Waals surface area contributed by atoms with Crippen molar-refractivity contribution in [1.82, 2.24) is 4.90 Å². The van der Waals surface area contributed by atoms with Gasteiger partial charge in [0.15, 0.2) is 0 Å². The van der Waals surface area contributed by atoms with Crippen LogP contribution in [0.25, 0.3) is 0 Å².